The van der Waals surface area contributed by atoms with Gasteiger partial charge in [-0.05, 0) is 55.2 Å². The molecule has 0 bridgehead atoms. The Kier molecular flexibility index (Phi) is 4.50. The second kappa shape index (κ2) is 6.84. The summed E-state index contributed by atoms with van der Waals surface area (Å²) in [5.74, 6) is 1.89. The molecular weight excluding hydrogens is 334 g/mol. The van der Waals surface area contributed by atoms with E-state index in [1.807, 2.05) is 11.0 Å². The van der Waals surface area contributed by atoms with Crippen LogP contribution in [0.5, 0.6) is 0 Å². The SMILES string of the molecule is Cc1cc(C)cc(N2CC(c3nc4ccccc4n3CC(C)C)CC2=O)c1. The summed E-state index contributed by atoms with van der Waals surface area (Å²) in [6, 6.07) is 14.6. The first-order valence-corrected chi connectivity index (χ1v) is 9.76. The van der Waals surface area contributed by atoms with Crippen LogP contribution in [-0.2, 0) is 11.3 Å². The lowest BCUT2D eigenvalue weighted by Gasteiger charge is -2.19. The maximum Gasteiger partial charge on any atom is 0.227 e. The number of benzene rings is 2. The number of carbonyl (C=O) groups is 1. The van der Waals surface area contributed by atoms with E-state index in [-0.39, 0.29) is 11.8 Å². The molecule has 4 nitrogen and oxygen atoms in total. The average Bonchev–Trinajstić information content (AvgIpc) is 3.15. The van der Waals surface area contributed by atoms with Crippen LogP contribution >= 0.6 is 0 Å². The van der Waals surface area contributed by atoms with Crippen LogP contribution in [0.1, 0.15) is 43.1 Å². The van der Waals surface area contributed by atoms with Gasteiger partial charge in [-0.2, -0.15) is 0 Å². The number of para-hydroxylation sites is 2. The number of nitrogens with zero attached hydrogens (tertiary/aromatic N) is 3. The molecule has 1 fully saturated rings. The van der Waals surface area contributed by atoms with E-state index in [9.17, 15) is 4.79 Å². The van der Waals surface area contributed by atoms with Crippen LogP contribution in [0.25, 0.3) is 11.0 Å². The monoisotopic (exact) mass is 361 g/mol. The number of amides is 1. The highest BCUT2D eigenvalue weighted by Crippen LogP contribution is 2.34. The topological polar surface area (TPSA) is 38.1 Å². The molecule has 1 amide bonds. The second-order valence-corrected chi connectivity index (χ2v) is 8.21. The van der Waals surface area contributed by atoms with Gasteiger partial charge in [0.15, 0.2) is 0 Å². The molecule has 27 heavy (non-hydrogen) atoms. The maximum absolute atomic E-state index is 12.8. The molecule has 1 aliphatic rings. The smallest absolute Gasteiger partial charge is 0.227 e. The molecule has 0 radical (unpaired) electrons. The van der Waals surface area contributed by atoms with E-state index < -0.39 is 0 Å². The highest BCUT2D eigenvalue weighted by molar-refractivity contribution is 5.96. The Bertz CT molecular complexity index is 982. The standard InChI is InChI=1S/C23H27N3O/c1-15(2)13-26-21-8-6-5-7-20(21)24-23(26)18-12-22(27)25(14-18)19-10-16(3)9-17(4)11-19/h5-11,15,18H,12-14H2,1-4H3. The third-order valence-electron chi connectivity index (χ3n) is 5.24. The number of fused-ring (bicyclic) bond motifs is 1. The van der Waals surface area contributed by atoms with Gasteiger partial charge in [-0.15, -0.1) is 0 Å². The molecule has 1 unspecified atom stereocenters. The summed E-state index contributed by atoms with van der Waals surface area (Å²) in [7, 11) is 0. The zero-order valence-electron chi connectivity index (χ0n) is 16.6. The third kappa shape index (κ3) is 3.36. The molecule has 2 heterocycles. The fraction of sp³-hybridized carbons (Fsp3) is 0.391. The Morgan fingerprint density at radius 2 is 1.81 bits per heavy atom. The molecule has 3 aromatic rings. The summed E-state index contributed by atoms with van der Waals surface area (Å²) in [4.78, 5) is 19.7. The first kappa shape index (κ1) is 17.8. The van der Waals surface area contributed by atoms with Crippen LogP contribution in [0.15, 0.2) is 42.5 Å². The molecule has 1 saturated heterocycles. The van der Waals surface area contributed by atoms with Gasteiger partial charge in [-0.25, -0.2) is 4.98 Å². The van der Waals surface area contributed by atoms with Crippen molar-refractivity contribution in [1.82, 2.24) is 9.55 Å². The Morgan fingerprint density at radius 1 is 1.11 bits per heavy atom. The molecule has 1 atom stereocenters. The minimum atomic E-state index is 0.129. The summed E-state index contributed by atoms with van der Waals surface area (Å²) in [5.41, 5.74) is 5.57. The predicted octanol–water partition coefficient (Wildman–Crippen LogP) is 4.83. The highest BCUT2D eigenvalue weighted by Gasteiger charge is 2.35. The molecule has 0 aliphatic carbocycles. The van der Waals surface area contributed by atoms with E-state index in [0.717, 1.165) is 23.6 Å². The van der Waals surface area contributed by atoms with E-state index in [1.165, 1.54) is 16.6 Å². The minimum absolute atomic E-state index is 0.129. The van der Waals surface area contributed by atoms with Gasteiger partial charge in [-0.1, -0.05) is 32.0 Å². The van der Waals surface area contributed by atoms with Crippen molar-refractivity contribution < 1.29 is 4.79 Å². The number of rotatable bonds is 4. The van der Waals surface area contributed by atoms with Gasteiger partial charge in [0.2, 0.25) is 5.91 Å². The van der Waals surface area contributed by atoms with Crippen molar-refractivity contribution in [2.45, 2.75) is 46.6 Å². The van der Waals surface area contributed by atoms with E-state index in [2.05, 4.69) is 68.7 Å². The van der Waals surface area contributed by atoms with E-state index in [0.29, 0.717) is 18.9 Å². The van der Waals surface area contributed by atoms with Crippen LogP contribution in [0.4, 0.5) is 5.69 Å². The molecule has 1 aromatic heterocycles. The number of hydrogen-bond donors (Lipinski definition) is 0. The molecule has 0 N–H and O–H groups in total. The Morgan fingerprint density at radius 3 is 2.52 bits per heavy atom. The first-order valence-electron chi connectivity index (χ1n) is 9.76. The van der Waals surface area contributed by atoms with Crippen LogP contribution in [-0.4, -0.2) is 22.0 Å². The van der Waals surface area contributed by atoms with Gasteiger partial charge in [0.25, 0.3) is 0 Å². The number of aromatic nitrogens is 2. The quantitative estimate of drug-likeness (QED) is 0.667. The summed E-state index contributed by atoms with van der Waals surface area (Å²) in [6.07, 6.45) is 0.522. The van der Waals surface area contributed by atoms with E-state index in [4.69, 9.17) is 4.98 Å². The second-order valence-electron chi connectivity index (χ2n) is 8.21. The van der Waals surface area contributed by atoms with Gasteiger partial charge in [-0.3, -0.25) is 4.79 Å². The molecule has 0 spiro atoms. The van der Waals surface area contributed by atoms with Gasteiger partial charge in [0, 0.05) is 31.1 Å². The number of anilines is 1. The Labute approximate surface area is 160 Å². The van der Waals surface area contributed by atoms with Crippen LogP contribution in [0, 0.1) is 19.8 Å². The van der Waals surface area contributed by atoms with E-state index >= 15 is 0 Å². The molecule has 0 saturated carbocycles. The fourth-order valence-electron chi connectivity index (χ4n) is 4.20. The third-order valence-corrected chi connectivity index (χ3v) is 5.24. The molecule has 1 aliphatic heterocycles. The van der Waals surface area contributed by atoms with E-state index in [1.54, 1.807) is 0 Å². The molecule has 140 valence electrons. The van der Waals surface area contributed by atoms with Gasteiger partial charge in [0.1, 0.15) is 5.82 Å². The first-order chi connectivity index (χ1) is 12.9. The lowest BCUT2D eigenvalue weighted by Crippen LogP contribution is -2.24. The predicted molar refractivity (Wildman–Crippen MR) is 110 cm³/mol. The lowest BCUT2D eigenvalue weighted by atomic mass is 10.1. The van der Waals surface area contributed by atoms with Crippen molar-refractivity contribution in [3.05, 3.63) is 59.4 Å². The molecule has 2 aromatic carbocycles. The van der Waals surface area contributed by atoms with Crippen molar-refractivity contribution in [3.63, 3.8) is 0 Å². The van der Waals surface area contributed by atoms with Gasteiger partial charge >= 0.3 is 0 Å². The van der Waals surface area contributed by atoms with Crippen LogP contribution in [0.2, 0.25) is 0 Å². The minimum Gasteiger partial charge on any atom is -0.327 e. The van der Waals surface area contributed by atoms with Crippen molar-refractivity contribution in [2.75, 3.05) is 11.4 Å². The molecule has 4 heteroatoms. The normalized spacial score (nSPS) is 17.4. The molecule has 4 rings (SSSR count). The van der Waals surface area contributed by atoms with Crippen molar-refractivity contribution >= 4 is 22.6 Å². The number of hydrogen-bond acceptors (Lipinski definition) is 2. The summed E-state index contributed by atoms with van der Waals surface area (Å²) in [5, 5.41) is 0. The fourth-order valence-corrected chi connectivity index (χ4v) is 4.20. The lowest BCUT2D eigenvalue weighted by molar-refractivity contribution is -0.117. The Balaban J connectivity index is 1.71. The van der Waals surface area contributed by atoms with Crippen LogP contribution in [0.3, 0.4) is 0 Å². The maximum atomic E-state index is 12.8. The highest BCUT2D eigenvalue weighted by atomic mass is 16.2. The largest absolute Gasteiger partial charge is 0.327 e. The van der Waals surface area contributed by atoms with Gasteiger partial charge < -0.3 is 9.47 Å². The number of imidazole rings is 1. The zero-order valence-corrected chi connectivity index (χ0v) is 16.6. The average molecular weight is 361 g/mol. The van der Waals surface area contributed by atoms with Crippen LogP contribution < -0.4 is 4.90 Å². The summed E-state index contributed by atoms with van der Waals surface area (Å²) >= 11 is 0. The molecular formula is C23H27N3O. The van der Waals surface area contributed by atoms with Gasteiger partial charge in [0.05, 0.1) is 11.0 Å². The summed E-state index contributed by atoms with van der Waals surface area (Å²) in [6.45, 7) is 10.2. The zero-order chi connectivity index (χ0) is 19.1. The number of carbonyl (C=O) groups excluding carboxylic acids is 1. The number of aryl methyl sites for hydroxylation is 2. The van der Waals surface area contributed by atoms with Crippen molar-refractivity contribution in [1.29, 1.82) is 0 Å². The van der Waals surface area contributed by atoms with Crippen molar-refractivity contribution in [2.24, 2.45) is 5.92 Å². The summed E-state index contributed by atoms with van der Waals surface area (Å²) < 4.78 is 2.32. The van der Waals surface area contributed by atoms with Crippen molar-refractivity contribution in [3.8, 4) is 0 Å². The Hall–Kier alpha value is -2.62.